The van der Waals surface area contributed by atoms with Crippen LogP contribution >= 0.6 is 0 Å². The molecule has 2 fully saturated rings. The predicted molar refractivity (Wildman–Crippen MR) is 61.4 cm³/mol. The molecular formula is C13H25N. The SMILES string of the molecule is CC[C@H]1CCN(C2CCC2)C[C@@H]1CC. The molecule has 14 heavy (non-hydrogen) atoms. The molecule has 0 unspecified atom stereocenters. The number of likely N-dealkylation sites (tertiary alicyclic amines) is 1. The summed E-state index contributed by atoms with van der Waals surface area (Å²) in [7, 11) is 0. The van der Waals surface area contributed by atoms with Crippen LogP contribution in [0.25, 0.3) is 0 Å². The molecule has 1 saturated heterocycles. The Kier molecular flexibility index (Phi) is 3.48. The van der Waals surface area contributed by atoms with Crippen molar-refractivity contribution in [3.63, 3.8) is 0 Å². The molecule has 0 amide bonds. The fraction of sp³-hybridized carbons (Fsp3) is 1.00. The maximum absolute atomic E-state index is 2.78. The van der Waals surface area contributed by atoms with Crippen LogP contribution in [0.3, 0.4) is 0 Å². The van der Waals surface area contributed by atoms with Crippen LogP contribution in [0.2, 0.25) is 0 Å². The summed E-state index contributed by atoms with van der Waals surface area (Å²) in [5, 5.41) is 0. The molecule has 0 N–H and O–H groups in total. The van der Waals surface area contributed by atoms with E-state index in [1.54, 1.807) is 0 Å². The molecule has 1 nitrogen and oxygen atoms in total. The van der Waals surface area contributed by atoms with Gasteiger partial charge in [-0.2, -0.15) is 0 Å². The van der Waals surface area contributed by atoms with Crippen LogP contribution < -0.4 is 0 Å². The van der Waals surface area contributed by atoms with Crippen molar-refractivity contribution in [1.29, 1.82) is 0 Å². The van der Waals surface area contributed by atoms with E-state index in [0.717, 1.165) is 17.9 Å². The van der Waals surface area contributed by atoms with Crippen molar-refractivity contribution in [2.24, 2.45) is 11.8 Å². The van der Waals surface area contributed by atoms with Crippen molar-refractivity contribution < 1.29 is 0 Å². The van der Waals surface area contributed by atoms with Gasteiger partial charge in [-0.05, 0) is 37.6 Å². The Hall–Kier alpha value is -0.0400. The first-order chi connectivity index (χ1) is 6.85. The first kappa shape index (κ1) is 10.5. The highest BCUT2D eigenvalue weighted by atomic mass is 15.2. The van der Waals surface area contributed by atoms with Crippen LogP contribution in [0.5, 0.6) is 0 Å². The molecule has 2 rings (SSSR count). The van der Waals surface area contributed by atoms with Gasteiger partial charge in [0.05, 0.1) is 0 Å². The van der Waals surface area contributed by atoms with Crippen LogP contribution in [0, 0.1) is 11.8 Å². The van der Waals surface area contributed by atoms with Crippen molar-refractivity contribution in [3.05, 3.63) is 0 Å². The highest BCUT2D eigenvalue weighted by Crippen LogP contribution is 2.33. The third-order valence-corrected chi connectivity index (χ3v) is 4.56. The fourth-order valence-electron chi connectivity index (χ4n) is 3.19. The van der Waals surface area contributed by atoms with E-state index in [-0.39, 0.29) is 0 Å². The molecule has 0 aromatic heterocycles. The average Bonchev–Trinajstić information content (AvgIpc) is 2.15. The maximum Gasteiger partial charge on any atom is 0.00953 e. The summed E-state index contributed by atoms with van der Waals surface area (Å²) >= 11 is 0. The number of hydrogen-bond donors (Lipinski definition) is 0. The number of nitrogens with zero attached hydrogens (tertiary/aromatic N) is 1. The van der Waals surface area contributed by atoms with Crippen LogP contribution in [-0.4, -0.2) is 24.0 Å². The van der Waals surface area contributed by atoms with E-state index in [1.807, 2.05) is 0 Å². The lowest BCUT2D eigenvalue weighted by molar-refractivity contribution is 0.0445. The van der Waals surface area contributed by atoms with Gasteiger partial charge in [0.25, 0.3) is 0 Å². The first-order valence-electron chi connectivity index (χ1n) is 6.59. The second-order valence-electron chi connectivity index (χ2n) is 5.20. The van der Waals surface area contributed by atoms with Crippen LogP contribution in [0.4, 0.5) is 0 Å². The van der Waals surface area contributed by atoms with Gasteiger partial charge in [-0.25, -0.2) is 0 Å². The molecule has 0 aromatic rings. The molecule has 1 heteroatoms. The normalized spacial score (nSPS) is 35.6. The van der Waals surface area contributed by atoms with E-state index < -0.39 is 0 Å². The molecule has 0 aromatic carbocycles. The lowest BCUT2D eigenvalue weighted by Gasteiger charge is -2.45. The number of piperidine rings is 1. The minimum absolute atomic E-state index is 0.974. The standard InChI is InChI=1S/C13H25N/c1-3-11-8-9-14(10-12(11)4-2)13-6-5-7-13/h11-13H,3-10H2,1-2H3/t11-,12-/m0/s1. The lowest BCUT2D eigenvalue weighted by Crippen LogP contribution is -2.48. The van der Waals surface area contributed by atoms with Gasteiger partial charge < -0.3 is 4.90 Å². The molecule has 0 radical (unpaired) electrons. The van der Waals surface area contributed by atoms with E-state index in [2.05, 4.69) is 18.7 Å². The van der Waals surface area contributed by atoms with Gasteiger partial charge in [-0.3, -0.25) is 0 Å². The molecule has 1 saturated carbocycles. The molecule has 1 aliphatic heterocycles. The van der Waals surface area contributed by atoms with Crippen molar-refractivity contribution in [2.75, 3.05) is 13.1 Å². The highest BCUT2D eigenvalue weighted by Gasteiger charge is 2.32. The van der Waals surface area contributed by atoms with Gasteiger partial charge in [-0.15, -0.1) is 0 Å². The largest absolute Gasteiger partial charge is 0.300 e. The summed E-state index contributed by atoms with van der Waals surface area (Å²) in [6, 6.07) is 0.974. The molecule has 2 aliphatic rings. The van der Waals surface area contributed by atoms with Gasteiger partial charge in [0.2, 0.25) is 0 Å². The first-order valence-corrected chi connectivity index (χ1v) is 6.59. The van der Waals surface area contributed by atoms with Crippen molar-refractivity contribution in [3.8, 4) is 0 Å². The summed E-state index contributed by atoms with van der Waals surface area (Å²) in [6.45, 7) is 7.53. The molecule has 1 heterocycles. The molecule has 1 aliphatic carbocycles. The van der Waals surface area contributed by atoms with Crippen LogP contribution in [0.1, 0.15) is 52.4 Å². The number of hydrogen-bond acceptors (Lipinski definition) is 1. The topological polar surface area (TPSA) is 3.24 Å². The van der Waals surface area contributed by atoms with Gasteiger partial charge in [0.15, 0.2) is 0 Å². The molecule has 82 valence electrons. The smallest absolute Gasteiger partial charge is 0.00953 e. The predicted octanol–water partition coefficient (Wildman–Crippen LogP) is 3.30. The Morgan fingerprint density at radius 1 is 1.00 bits per heavy atom. The second kappa shape index (κ2) is 4.65. The summed E-state index contributed by atoms with van der Waals surface area (Å²) < 4.78 is 0. The minimum atomic E-state index is 0.974. The molecular weight excluding hydrogens is 170 g/mol. The Labute approximate surface area is 88.9 Å². The van der Waals surface area contributed by atoms with Gasteiger partial charge >= 0.3 is 0 Å². The quantitative estimate of drug-likeness (QED) is 0.668. The monoisotopic (exact) mass is 195 g/mol. The Morgan fingerprint density at radius 3 is 2.21 bits per heavy atom. The van der Waals surface area contributed by atoms with E-state index in [9.17, 15) is 0 Å². The second-order valence-corrected chi connectivity index (χ2v) is 5.20. The van der Waals surface area contributed by atoms with E-state index in [0.29, 0.717) is 0 Å². The lowest BCUT2D eigenvalue weighted by atomic mass is 9.80. The fourth-order valence-corrected chi connectivity index (χ4v) is 3.19. The third-order valence-electron chi connectivity index (χ3n) is 4.56. The minimum Gasteiger partial charge on any atom is -0.300 e. The van der Waals surface area contributed by atoms with E-state index in [1.165, 1.54) is 51.6 Å². The zero-order valence-electron chi connectivity index (χ0n) is 9.84. The van der Waals surface area contributed by atoms with Crippen LogP contribution in [0.15, 0.2) is 0 Å². The van der Waals surface area contributed by atoms with Gasteiger partial charge in [0, 0.05) is 12.6 Å². The molecule has 0 bridgehead atoms. The number of rotatable bonds is 3. The summed E-state index contributed by atoms with van der Waals surface area (Å²) in [6.07, 6.45) is 8.69. The molecule has 2 atom stereocenters. The Morgan fingerprint density at radius 2 is 1.71 bits per heavy atom. The molecule has 0 spiro atoms. The van der Waals surface area contributed by atoms with E-state index in [4.69, 9.17) is 0 Å². The Bertz CT molecular complexity index is 174. The maximum atomic E-state index is 2.78. The average molecular weight is 195 g/mol. The highest BCUT2D eigenvalue weighted by molar-refractivity contribution is 4.86. The Balaban J connectivity index is 1.86. The summed E-state index contributed by atoms with van der Waals surface area (Å²) in [5.41, 5.74) is 0. The van der Waals surface area contributed by atoms with E-state index >= 15 is 0 Å². The zero-order chi connectivity index (χ0) is 9.97. The zero-order valence-corrected chi connectivity index (χ0v) is 9.84. The van der Waals surface area contributed by atoms with Crippen LogP contribution in [-0.2, 0) is 0 Å². The summed E-state index contributed by atoms with van der Waals surface area (Å²) in [5.74, 6) is 2.02. The van der Waals surface area contributed by atoms with Crippen molar-refractivity contribution >= 4 is 0 Å². The summed E-state index contributed by atoms with van der Waals surface area (Å²) in [4.78, 5) is 2.78. The third kappa shape index (κ3) is 1.98. The van der Waals surface area contributed by atoms with Gasteiger partial charge in [-0.1, -0.05) is 33.1 Å². The van der Waals surface area contributed by atoms with Crippen molar-refractivity contribution in [1.82, 2.24) is 4.90 Å². The van der Waals surface area contributed by atoms with Gasteiger partial charge in [0.1, 0.15) is 0 Å². The van der Waals surface area contributed by atoms with Crippen molar-refractivity contribution in [2.45, 2.75) is 58.4 Å².